The Labute approximate surface area is 252 Å². The van der Waals surface area contributed by atoms with Crippen molar-refractivity contribution in [1.29, 1.82) is 0 Å². The van der Waals surface area contributed by atoms with Gasteiger partial charge in [-0.1, -0.05) is 27.7 Å². The molecular weight excluding hydrogens is 564 g/mol. The molecule has 3 saturated heterocycles. The van der Waals surface area contributed by atoms with Gasteiger partial charge >= 0.3 is 23.9 Å². The van der Waals surface area contributed by atoms with E-state index in [9.17, 15) is 24.3 Å². The van der Waals surface area contributed by atoms with Crippen molar-refractivity contribution in [2.75, 3.05) is 19.8 Å². The van der Waals surface area contributed by atoms with E-state index in [4.69, 9.17) is 33.2 Å². The Morgan fingerprint density at radius 3 is 2.26 bits per heavy atom. The van der Waals surface area contributed by atoms with Crippen molar-refractivity contribution < 1.29 is 57.4 Å². The molecule has 12 nitrogen and oxygen atoms in total. The molecule has 242 valence electrons. The molecule has 0 radical (unpaired) electrons. The number of aliphatic hydroxyl groups is 1. The molecule has 13 atom stereocenters. The first-order valence-electron chi connectivity index (χ1n) is 15.5. The summed E-state index contributed by atoms with van der Waals surface area (Å²) in [6.07, 6.45) is -3.29. The highest BCUT2D eigenvalue weighted by Gasteiger charge is 2.84. The monoisotopic (exact) mass is 610 g/mol. The Kier molecular flexibility index (Phi) is 8.65. The summed E-state index contributed by atoms with van der Waals surface area (Å²) in [6, 6.07) is 0. The molecule has 3 aliphatic heterocycles. The number of ether oxygens (including phenoxy) is 7. The minimum Gasteiger partial charge on any atom is -0.465 e. The molecule has 43 heavy (non-hydrogen) atoms. The lowest BCUT2D eigenvalue weighted by Crippen LogP contribution is -2.79. The normalized spacial score (nSPS) is 45.4. The zero-order valence-electron chi connectivity index (χ0n) is 26.2. The van der Waals surface area contributed by atoms with Gasteiger partial charge in [0, 0.05) is 38.0 Å². The van der Waals surface area contributed by atoms with Gasteiger partial charge in [0.05, 0.1) is 36.8 Å². The molecule has 0 bridgehead atoms. The summed E-state index contributed by atoms with van der Waals surface area (Å²) >= 11 is 0. The van der Waals surface area contributed by atoms with Gasteiger partial charge < -0.3 is 38.3 Å². The van der Waals surface area contributed by atoms with E-state index in [-0.39, 0.29) is 37.4 Å². The molecule has 0 aromatic rings. The van der Waals surface area contributed by atoms with Crippen LogP contribution in [0.15, 0.2) is 0 Å². The van der Waals surface area contributed by atoms with Gasteiger partial charge in [0.1, 0.15) is 18.3 Å². The third kappa shape index (κ3) is 5.06. The Morgan fingerprint density at radius 2 is 1.70 bits per heavy atom. The second-order valence-corrected chi connectivity index (χ2v) is 13.5. The minimum atomic E-state index is -1.43. The number of esters is 4. The molecule has 1 unspecified atom stereocenters. The fourth-order valence-corrected chi connectivity index (χ4v) is 8.64. The topological polar surface area (TPSA) is 156 Å². The van der Waals surface area contributed by atoms with Crippen LogP contribution in [-0.2, 0) is 52.3 Å². The van der Waals surface area contributed by atoms with E-state index in [1.54, 1.807) is 6.92 Å². The maximum absolute atomic E-state index is 13.3. The van der Waals surface area contributed by atoms with Gasteiger partial charge in [-0.25, -0.2) is 0 Å². The summed E-state index contributed by atoms with van der Waals surface area (Å²) in [6.45, 7) is 11.8. The quantitative estimate of drug-likeness (QED) is 0.243. The lowest BCUT2D eigenvalue weighted by atomic mass is 9.40. The van der Waals surface area contributed by atoms with Crippen LogP contribution in [0.4, 0.5) is 0 Å². The van der Waals surface area contributed by atoms with E-state index in [0.29, 0.717) is 25.9 Å². The SMILES string of the molecule is CCC(C)C(=O)O[C@H]1[C@H](OC(C)=O)[C@@H](O)[C@@H]2[C@@](C)([C@@H]3C[C@H]4CCO[C@H]4O3)[C@H](C)C[C@H](OC(C)=O)[C@@]2(COC(C)=O)[C@@]12CO2. The number of rotatable bonds is 8. The number of epoxide rings is 1. The Balaban J connectivity index is 1.71. The van der Waals surface area contributed by atoms with Crippen LogP contribution in [0.3, 0.4) is 0 Å². The van der Waals surface area contributed by atoms with Gasteiger partial charge in [-0.15, -0.1) is 0 Å². The fraction of sp³-hybridized carbons (Fsp3) is 0.871. The highest BCUT2D eigenvalue weighted by molar-refractivity contribution is 5.73. The van der Waals surface area contributed by atoms with E-state index in [1.807, 2.05) is 20.8 Å². The van der Waals surface area contributed by atoms with Crippen molar-refractivity contribution in [3.63, 3.8) is 0 Å². The molecule has 0 amide bonds. The van der Waals surface area contributed by atoms with Crippen LogP contribution in [0.25, 0.3) is 0 Å². The molecule has 1 N–H and O–H groups in total. The molecular formula is C31H46O12. The molecule has 0 aromatic heterocycles. The van der Waals surface area contributed by atoms with Crippen LogP contribution >= 0.6 is 0 Å². The summed E-state index contributed by atoms with van der Waals surface area (Å²) < 4.78 is 42.3. The van der Waals surface area contributed by atoms with Crippen LogP contribution in [0, 0.1) is 34.5 Å². The number of fused-ring (bicyclic) bond motifs is 3. The largest absolute Gasteiger partial charge is 0.465 e. The molecule has 3 heterocycles. The molecule has 2 saturated carbocycles. The summed E-state index contributed by atoms with van der Waals surface area (Å²) in [7, 11) is 0. The predicted octanol–water partition coefficient (Wildman–Crippen LogP) is 2.31. The molecule has 2 aliphatic carbocycles. The Bertz CT molecular complexity index is 1110. The predicted molar refractivity (Wildman–Crippen MR) is 147 cm³/mol. The van der Waals surface area contributed by atoms with Crippen LogP contribution in [-0.4, -0.2) is 91.2 Å². The second kappa shape index (κ2) is 11.6. The average molecular weight is 611 g/mol. The Morgan fingerprint density at radius 1 is 1.02 bits per heavy atom. The van der Waals surface area contributed by atoms with Gasteiger partial charge in [0.25, 0.3) is 0 Å². The van der Waals surface area contributed by atoms with Crippen molar-refractivity contribution in [2.45, 2.75) is 117 Å². The number of hydrogen-bond donors (Lipinski definition) is 1. The smallest absolute Gasteiger partial charge is 0.309 e. The van der Waals surface area contributed by atoms with E-state index in [0.717, 1.165) is 6.42 Å². The summed E-state index contributed by atoms with van der Waals surface area (Å²) in [4.78, 5) is 50.8. The summed E-state index contributed by atoms with van der Waals surface area (Å²) in [5.74, 6) is -3.67. The van der Waals surface area contributed by atoms with Gasteiger partial charge in [-0.05, 0) is 31.6 Å². The highest BCUT2D eigenvalue weighted by atomic mass is 16.7. The van der Waals surface area contributed by atoms with E-state index in [1.165, 1.54) is 20.8 Å². The molecule has 0 aromatic carbocycles. The zero-order chi connectivity index (χ0) is 31.5. The first-order chi connectivity index (χ1) is 20.2. The first-order valence-corrected chi connectivity index (χ1v) is 15.5. The zero-order valence-corrected chi connectivity index (χ0v) is 26.2. The molecule has 5 aliphatic rings. The number of carbonyl (C=O) groups excluding carboxylic acids is 4. The van der Waals surface area contributed by atoms with Crippen LogP contribution in [0.2, 0.25) is 0 Å². The van der Waals surface area contributed by atoms with Crippen molar-refractivity contribution in [3.05, 3.63) is 0 Å². The summed E-state index contributed by atoms with van der Waals surface area (Å²) in [5, 5.41) is 12.5. The van der Waals surface area contributed by atoms with Crippen molar-refractivity contribution in [1.82, 2.24) is 0 Å². The van der Waals surface area contributed by atoms with E-state index in [2.05, 4.69) is 0 Å². The lowest BCUT2D eigenvalue weighted by Gasteiger charge is -2.66. The van der Waals surface area contributed by atoms with Crippen LogP contribution < -0.4 is 0 Å². The van der Waals surface area contributed by atoms with Gasteiger partial charge in [0.15, 0.2) is 18.5 Å². The van der Waals surface area contributed by atoms with Crippen molar-refractivity contribution in [3.8, 4) is 0 Å². The van der Waals surface area contributed by atoms with Gasteiger partial charge in [0.2, 0.25) is 0 Å². The maximum atomic E-state index is 13.3. The number of hydrogen-bond acceptors (Lipinski definition) is 12. The standard InChI is InChI=1S/C31H46O12/c1-8-15(2)27(36)43-26-24(41-19(6)34)23(35)25-29(7,21-12-20-9-10-37-28(20)42-21)16(3)11-22(40-18(5)33)30(25,13-38-17(4)32)31(26)14-39-31/h15-16,20-26,28,35H,8-14H2,1-7H3/t15?,16-,20-,21+,22+,23-,24-,25-,26+,28+,29-,30-,31-/m1/s1. The number of aliphatic hydroxyl groups excluding tert-OH is 1. The lowest BCUT2D eigenvalue weighted by molar-refractivity contribution is -0.314. The highest BCUT2D eigenvalue weighted by Crippen LogP contribution is 2.71. The third-order valence-electron chi connectivity index (χ3n) is 11.2. The Hall–Kier alpha value is -2.28. The average Bonchev–Trinajstić information content (AvgIpc) is 3.43. The van der Waals surface area contributed by atoms with Crippen LogP contribution in [0.1, 0.15) is 74.1 Å². The van der Waals surface area contributed by atoms with E-state index >= 15 is 0 Å². The molecule has 5 fully saturated rings. The maximum Gasteiger partial charge on any atom is 0.309 e. The first kappa shape index (κ1) is 32.1. The van der Waals surface area contributed by atoms with E-state index < -0.39 is 76.6 Å². The van der Waals surface area contributed by atoms with Gasteiger partial charge in [-0.2, -0.15) is 0 Å². The number of carbonyl (C=O) groups is 4. The van der Waals surface area contributed by atoms with Gasteiger partial charge in [-0.3, -0.25) is 19.2 Å². The van der Waals surface area contributed by atoms with Crippen molar-refractivity contribution in [2.24, 2.45) is 34.5 Å². The van der Waals surface area contributed by atoms with Crippen molar-refractivity contribution >= 4 is 23.9 Å². The molecule has 1 spiro atoms. The van der Waals surface area contributed by atoms with Crippen LogP contribution in [0.5, 0.6) is 0 Å². The minimum absolute atomic E-state index is 0.0375. The fourth-order valence-electron chi connectivity index (χ4n) is 8.64. The molecule has 5 rings (SSSR count). The summed E-state index contributed by atoms with van der Waals surface area (Å²) in [5.41, 5.74) is -3.61. The second-order valence-electron chi connectivity index (χ2n) is 13.5. The molecule has 12 heteroatoms. The third-order valence-corrected chi connectivity index (χ3v) is 11.2.